The van der Waals surface area contributed by atoms with E-state index in [0.717, 1.165) is 220 Å². The highest BCUT2D eigenvalue weighted by molar-refractivity contribution is 7.01. The zero-order chi connectivity index (χ0) is 86.8. The van der Waals surface area contributed by atoms with Crippen molar-refractivity contribution < 1.29 is 42.6 Å². The highest BCUT2D eigenvalue weighted by Gasteiger charge is 2.51. The predicted octanol–water partition coefficient (Wildman–Crippen LogP) is 24.0. The lowest BCUT2D eigenvalue weighted by Crippen LogP contribution is -2.59. The number of anilines is 3. The van der Waals surface area contributed by atoms with Gasteiger partial charge in [-0.2, -0.15) is 0 Å². The van der Waals surface area contributed by atoms with E-state index < -0.39 is 0 Å². The van der Waals surface area contributed by atoms with Crippen LogP contribution in [-0.4, -0.2) is 38.4 Å². The van der Waals surface area contributed by atoms with Crippen molar-refractivity contribution in [3.05, 3.63) is 387 Å². The van der Waals surface area contributed by atoms with Crippen molar-refractivity contribution in [2.45, 2.75) is 13.8 Å². The summed E-state index contributed by atoms with van der Waals surface area (Å²) in [7, 11) is 0. The van der Waals surface area contributed by atoms with E-state index in [4.69, 9.17) is 42.6 Å². The summed E-state index contributed by atoms with van der Waals surface area (Å²) in [5.41, 5.74) is 28.7. The average Bonchev–Trinajstić information content (AvgIpc) is 1.67. The molecule has 0 radical (unpaired) electrons. The van der Waals surface area contributed by atoms with E-state index in [-0.39, 0.29) is 20.1 Å². The number of fused-ring (bicyclic) bond motifs is 13. The molecule has 13 heterocycles. The van der Waals surface area contributed by atoms with Gasteiger partial charge in [0.15, 0.2) is 0 Å². The van der Waals surface area contributed by atoms with Crippen molar-refractivity contribution in [1.29, 1.82) is 0 Å². The lowest BCUT2D eigenvalue weighted by molar-refractivity contribution is 0.442. The van der Waals surface area contributed by atoms with Gasteiger partial charge in [0.1, 0.15) is 103 Å². The highest BCUT2D eigenvalue weighted by Crippen LogP contribution is 2.52. The fourth-order valence-corrected chi connectivity index (χ4v) is 23.0. The summed E-state index contributed by atoms with van der Waals surface area (Å²) in [5, 5.41) is 9.76. The molecule has 0 bridgehead atoms. The summed E-state index contributed by atoms with van der Waals surface area (Å²) >= 11 is 0. The van der Waals surface area contributed by atoms with Gasteiger partial charge < -0.3 is 65.8 Å². The molecule has 19 aromatic carbocycles. The summed E-state index contributed by atoms with van der Waals surface area (Å²) in [4.78, 5) is 2.30. The van der Waals surface area contributed by atoms with Crippen molar-refractivity contribution in [1.82, 2.24) is 18.3 Å². The minimum Gasteiger partial charge on any atom is -0.458 e. The molecule has 0 N–H and O–H groups in total. The van der Waals surface area contributed by atoms with Crippen LogP contribution in [0.4, 0.5) is 17.1 Å². The molecule has 0 saturated heterocycles. The van der Waals surface area contributed by atoms with Crippen LogP contribution in [0.15, 0.2) is 376 Å². The number of aryl methyl sites for hydroxylation is 2. The largest absolute Gasteiger partial charge is 0.458 e. The molecule has 0 atom stereocenters. The molecule has 17 heteroatoms. The zero-order valence-corrected chi connectivity index (χ0v) is 71.4. The Morgan fingerprint density at radius 2 is 0.466 bits per heavy atom. The number of benzene rings is 19. The molecule has 9 aliphatic rings. The molecule has 620 valence electrons. The summed E-state index contributed by atoms with van der Waals surface area (Å²) in [6.07, 6.45) is 0. The molecular weight excluding hydrogens is 1640 g/mol. The standard InChI is InChI=1S/2C42H23BN2O3.C32H22BNO3/c1-2-10-24(11-3-1)44-30-14-6-4-12-26(30)28-22-29-27-13-5-7-15-31(27)45(33(29)23-32(28)44)25-20-38-42-39(21-25)48-37-19-9-17-35-41(37)43(42)40-34(46-35)16-8-18-36(40)47-38;1-2-10-24(11-3-1)45-29-14-6-4-12-26(29)27-20-21-31-38(42(27)45)28-13-5-7-15-30(28)44(31)25-22-36-41-37(23-25)48-35-19-9-17-33-40(35)43(41)39-32(46-33)16-8-18-34(39)47-36;1-19-9-3-5-11-22(19)34(23-12-6-4-10-20(23)2)21-17-28-32-29(18-21)37-27-16-8-14-25-31(27)33(32)30-24(35-25)13-7-15-26(30)36-28/h2*1-23H;3-18H,1-2H3. The van der Waals surface area contributed by atoms with Crippen LogP contribution in [-0.2, 0) is 0 Å². The van der Waals surface area contributed by atoms with Crippen LogP contribution in [0.25, 0.3) is 110 Å². The molecular formula is C116H68B3N5O9. The third-order valence-electron chi connectivity index (χ3n) is 28.5. The van der Waals surface area contributed by atoms with E-state index in [1.807, 2.05) is 109 Å². The Balaban J connectivity index is 0.0000000965. The van der Waals surface area contributed by atoms with Crippen molar-refractivity contribution >= 4 is 174 Å². The topological polar surface area (TPSA) is 106 Å². The van der Waals surface area contributed by atoms with Gasteiger partial charge in [0.05, 0.1) is 61.2 Å². The Bertz CT molecular complexity index is 8720. The molecule has 0 spiro atoms. The van der Waals surface area contributed by atoms with Crippen LogP contribution in [0.2, 0.25) is 0 Å². The van der Waals surface area contributed by atoms with Crippen molar-refractivity contribution in [3.63, 3.8) is 0 Å². The van der Waals surface area contributed by atoms with Gasteiger partial charge in [0.2, 0.25) is 0 Å². The Morgan fingerprint density at radius 1 is 0.188 bits per heavy atom. The fourth-order valence-electron chi connectivity index (χ4n) is 23.0. The molecule has 32 rings (SSSR count). The number of nitrogens with zero attached hydrogens (tertiary/aromatic N) is 5. The normalized spacial score (nSPS) is 13.4. The molecule has 133 heavy (non-hydrogen) atoms. The van der Waals surface area contributed by atoms with Crippen LogP contribution in [0, 0.1) is 13.8 Å². The van der Waals surface area contributed by atoms with E-state index in [0.29, 0.717) is 0 Å². The summed E-state index contributed by atoms with van der Waals surface area (Å²) in [6, 6.07) is 132. The van der Waals surface area contributed by atoms with Crippen LogP contribution >= 0.6 is 0 Å². The summed E-state index contributed by atoms with van der Waals surface area (Å²) in [5.74, 6) is 14.9. The molecule has 23 aromatic rings. The van der Waals surface area contributed by atoms with Crippen molar-refractivity contribution in [2.75, 3.05) is 4.90 Å². The van der Waals surface area contributed by atoms with Crippen molar-refractivity contribution in [2.24, 2.45) is 0 Å². The van der Waals surface area contributed by atoms with Gasteiger partial charge in [-0.15, -0.1) is 0 Å². The molecule has 9 aliphatic heterocycles. The number of hydrogen-bond acceptors (Lipinski definition) is 10. The molecule has 0 fully saturated rings. The first-order valence-corrected chi connectivity index (χ1v) is 45.2. The molecule has 0 saturated carbocycles. The average molecular weight is 1710 g/mol. The molecule has 0 unspecified atom stereocenters. The minimum absolute atomic E-state index is 0.0121. The quantitative estimate of drug-likeness (QED) is 0.143. The molecule has 0 amide bonds. The second kappa shape index (κ2) is 27.1. The first kappa shape index (κ1) is 72.6. The molecule has 4 aromatic heterocycles. The van der Waals surface area contributed by atoms with Gasteiger partial charge in [-0.05, 0) is 177 Å². The van der Waals surface area contributed by atoms with Crippen LogP contribution in [0.5, 0.6) is 103 Å². The fraction of sp³-hybridized carbons (Fsp3) is 0.0172. The van der Waals surface area contributed by atoms with E-state index in [2.05, 4.69) is 304 Å². The minimum atomic E-state index is -0.0166. The number of rotatable bonds is 7. The van der Waals surface area contributed by atoms with Gasteiger partial charge in [0.25, 0.3) is 20.1 Å². The number of aromatic nitrogens is 4. The van der Waals surface area contributed by atoms with Crippen molar-refractivity contribution in [3.8, 4) is 126 Å². The monoisotopic (exact) mass is 1710 g/mol. The predicted molar refractivity (Wildman–Crippen MR) is 534 cm³/mol. The van der Waals surface area contributed by atoms with Crippen LogP contribution in [0.3, 0.4) is 0 Å². The molecule has 14 nitrogen and oxygen atoms in total. The Morgan fingerprint density at radius 3 is 0.842 bits per heavy atom. The van der Waals surface area contributed by atoms with Gasteiger partial charge in [-0.1, -0.05) is 188 Å². The van der Waals surface area contributed by atoms with Gasteiger partial charge in [0, 0.05) is 151 Å². The summed E-state index contributed by atoms with van der Waals surface area (Å²) in [6.45, 7) is 4.27. The summed E-state index contributed by atoms with van der Waals surface area (Å²) < 4.78 is 68.6. The number of para-hydroxylation sites is 8. The second-order valence-corrected chi connectivity index (χ2v) is 35.5. The number of hydrogen-bond donors (Lipinski definition) is 0. The maximum absolute atomic E-state index is 6.72. The maximum atomic E-state index is 6.72. The number of ether oxygens (including phenoxy) is 9. The zero-order valence-electron chi connectivity index (χ0n) is 71.4. The lowest BCUT2D eigenvalue weighted by Gasteiger charge is -2.38. The van der Waals surface area contributed by atoms with Crippen LogP contribution < -0.4 is 96.7 Å². The van der Waals surface area contributed by atoms with Gasteiger partial charge in [-0.25, -0.2) is 0 Å². The second-order valence-electron chi connectivity index (χ2n) is 35.5. The highest BCUT2D eigenvalue weighted by atomic mass is 16.5. The smallest absolute Gasteiger partial charge is 0.270 e. The maximum Gasteiger partial charge on any atom is 0.270 e. The molecule has 0 aliphatic carbocycles. The third kappa shape index (κ3) is 10.2. The Labute approximate surface area is 761 Å². The van der Waals surface area contributed by atoms with Crippen LogP contribution in [0.1, 0.15) is 11.1 Å². The SMILES string of the molecule is Cc1ccccc1N(c1cc2c3c(c1)Oc1cccc4c1B3c1c(cccc1O2)O4)c1ccccc1C.c1ccc(-n2c3ccccc3c3cc4c5ccccc5n(-c5cc6c7c(c5)Oc5cccc8c5B7c5c(cccc5O6)O8)c4cc32)cc1.c1ccc(-n2c3ccccc3c3ccc4c(c5ccccc5n4-c4cc5c6c(c4)Oc4cccc7c4B6c4c(cccc4O5)O7)c32)cc1. The van der Waals surface area contributed by atoms with E-state index in [1.165, 1.54) is 70.8 Å². The lowest BCUT2D eigenvalue weighted by atomic mass is 9.34. The van der Waals surface area contributed by atoms with Gasteiger partial charge in [-0.3, -0.25) is 0 Å². The van der Waals surface area contributed by atoms with E-state index >= 15 is 0 Å². The third-order valence-corrected chi connectivity index (χ3v) is 28.5. The Kier molecular flexibility index (Phi) is 14.8. The Hall–Kier alpha value is -17.4. The first-order chi connectivity index (χ1) is 65.8. The van der Waals surface area contributed by atoms with Gasteiger partial charge >= 0.3 is 0 Å². The van der Waals surface area contributed by atoms with E-state index in [9.17, 15) is 0 Å². The first-order valence-electron chi connectivity index (χ1n) is 45.2. The van der Waals surface area contributed by atoms with E-state index in [1.54, 1.807) is 0 Å².